The van der Waals surface area contributed by atoms with Crippen LogP contribution in [0, 0.1) is 47.3 Å². The van der Waals surface area contributed by atoms with Gasteiger partial charge in [0.1, 0.15) is 12.2 Å². The summed E-state index contributed by atoms with van der Waals surface area (Å²) in [5.41, 5.74) is 0. The summed E-state index contributed by atoms with van der Waals surface area (Å²) in [5, 5.41) is 18.7. The Hall–Kier alpha value is 0.340. The Kier molecular flexibility index (Phi) is 41.8. The number of phosphoric ester groups is 1. The Balaban J connectivity index is 0. The summed E-state index contributed by atoms with van der Waals surface area (Å²) in [6, 6.07) is 0. The number of rotatable bonds is 40. The largest absolute Gasteiger partial charge is 0.469 e. The third-order valence-electron chi connectivity index (χ3n) is 11.6. The molecule has 0 aromatic carbocycles. The van der Waals surface area contributed by atoms with E-state index in [0.29, 0.717) is 18.4 Å². The van der Waals surface area contributed by atoms with Gasteiger partial charge in [-0.1, -0.05) is 185 Å². The minimum Gasteiger partial charge on any atom is -0.394 e. The first kappa shape index (κ1) is 60.4. The normalized spacial score (nSPS) is 16.6. The Morgan fingerprint density at radius 1 is 0.500 bits per heavy atom. The second-order valence-electron chi connectivity index (χ2n) is 19.3. The van der Waals surface area contributed by atoms with E-state index < -0.39 is 20.5 Å². The fourth-order valence-corrected chi connectivity index (χ4v) is 8.10. The van der Waals surface area contributed by atoms with Gasteiger partial charge in [-0.25, -0.2) is 4.57 Å². The molecule has 4 N–H and O–H groups in total. The number of aliphatic hydroxyl groups is 2. The van der Waals surface area contributed by atoms with Crippen molar-refractivity contribution in [3.05, 3.63) is 0 Å². The molecule has 9 nitrogen and oxygen atoms in total. The highest BCUT2D eigenvalue weighted by Gasteiger charge is 2.17. The van der Waals surface area contributed by atoms with E-state index in [9.17, 15) is 9.67 Å². The van der Waals surface area contributed by atoms with E-state index in [-0.39, 0.29) is 28.1 Å². The Labute approximate surface area is 362 Å². The molecule has 0 heterocycles. The molecule has 0 aliphatic rings. The lowest BCUT2D eigenvalue weighted by molar-refractivity contribution is -0.0471. The van der Waals surface area contributed by atoms with Gasteiger partial charge in [-0.05, 0) is 66.8 Å². The van der Waals surface area contributed by atoms with Crippen LogP contribution in [0.3, 0.4) is 0 Å². The summed E-state index contributed by atoms with van der Waals surface area (Å²) in [4.78, 5) is 16.5. The van der Waals surface area contributed by atoms with Gasteiger partial charge in [0.25, 0.3) is 0 Å². The van der Waals surface area contributed by atoms with Crippen LogP contribution in [0.1, 0.15) is 198 Å². The van der Waals surface area contributed by atoms with Crippen LogP contribution in [-0.4, -0.2) is 78.5 Å². The molecule has 0 fully saturated rings. The monoisotopic (exact) mass is 871 g/mol. The summed E-state index contributed by atoms with van der Waals surface area (Å²) >= 11 is 0. The fourth-order valence-electron chi connectivity index (χ4n) is 7.37. The number of hydrogen-bond acceptors (Lipinski definition) is 7. The van der Waals surface area contributed by atoms with Crippen molar-refractivity contribution in [1.29, 1.82) is 0 Å². The van der Waals surface area contributed by atoms with Crippen molar-refractivity contribution in [2.75, 3.05) is 46.3 Å². The highest BCUT2D eigenvalue weighted by atomic mass is 31.2. The van der Waals surface area contributed by atoms with Gasteiger partial charge in [-0.3, -0.25) is 4.52 Å². The van der Waals surface area contributed by atoms with Crippen LogP contribution in [0.5, 0.6) is 0 Å². The zero-order chi connectivity index (χ0) is 44.2. The smallest absolute Gasteiger partial charge is 0.394 e. The van der Waals surface area contributed by atoms with E-state index in [1.54, 1.807) is 6.66 Å². The van der Waals surface area contributed by atoms with Crippen LogP contribution in [0.15, 0.2) is 0 Å². The summed E-state index contributed by atoms with van der Waals surface area (Å²) in [7, 11) is -4.23. The minimum absolute atomic E-state index is 0.0228. The molecule has 0 saturated heterocycles. The van der Waals surface area contributed by atoms with E-state index in [1.165, 1.54) is 116 Å². The Morgan fingerprint density at radius 2 is 0.845 bits per heavy atom. The average molecular weight is 871 g/mol. The van der Waals surface area contributed by atoms with Gasteiger partial charge in [0.05, 0.1) is 26.4 Å². The molecule has 0 spiro atoms. The Morgan fingerprint density at radius 3 is 1.17 bits per heavy atom. The van der Waals surface area contributed by atoms with Gasteiger partial charge in [0.2, 0.25) is 0 Å². The minimum atomic E-state index is -4.47. The first-order valence-electron chi connectivity index (χ1n) is 23.8. The molecule has 9 atom stereocenters. The van der Waals surface area contributed by atoms with Crippen molar-refractivity contribution in [3.63, 3.8) is 0 Å². The second kappa shape index (κ2) is 40.1. The third kappa shape index (κ3) is 45.9. The van der Waals surface area contributed by atoms with E-state index in [2.05, 4.69) is 73.8 Å². The molecule has 0 aromatic heterocycles. The molecule has 0 amide bonds. The Bertz CT molecular complexity index is 905. The molecule has 0 bridgehead atoms. The predicted molar refractivity (Wildman–Crippen MR) is 249 cm³/mol. The van der Waals surface area contributed by atoms with Gasteiger partial charge in [-0.2, -0.15) is 0 Å². The molecule has 7 unspecified atom stereocenters. The number of hydrogen-bond donors (Lipinski definition) is 4. The van der Waals surface area contributed by atoms with Gasteiger partial charge in [0, 0.05) is 22.0 Å². The SMILES string of the molecule is CC(C)CCCC(C)CCCC(C)CCCC(C)CCOC[C@@H](CO)OCCC(C)CCCC(C)CCCC(C)CCCC(C)C.CPOC[C@H](O)COP(=O)(O)O. The van der Waals surface area contributed by atoms with Crippen molar-refractivity contribution in [2.24, 2.45) is 47.3 Å². The van der Waals surface area contributed by atoms with Crippen LogP contribution in [0.4, 0.5) is 0 Å². The number of aliphatic hydroxyl groups excluding tert-OH is 2. The molecule has 352 valence electrons. The lowest BCUT2D eigenvalue weighted by atomic mass is 9.91. The predicted octanol–water partition coefficient (Wildman–Crippen LogP) is 13.0. The van der Waals surface area contributed by atoms with Gasteiger partial charge < -0.3 is 34.0 Å². The first-order chi connectivity index (χ1) is 27.4. The molecule has 11 heteroatoms. The maximum absolute atomic E-state index is 10.1. The molecule has 0 aliphatic heterocycles. The molecular weight excluding hydrogens is 770 g/mol. The van der Waals surface area contributed by atoms with Crippen LogP contribution >= 0.6 is 16.6 Å². The number of phosphoric acid groups is 1. The zero-order valence-corrected chi connectivity index (χ0v) is 41.8. The van der Waals surface area contributed by atoms with Crippen molar-refractivity contribution in [2.45, 2.75) is 210 Å². The van der Waals surface area contributed by atoms with Gasteiger partial charge >= 0.3 is 7.82 Å². The van der Waals surface area contributed by atoms with Crippen LogP contribution in [0.25, 0.3) is 0 Å². The zero-order valence-electron chi connectivity index (χ0n) is 39.9. The highest BCUT2D eigenvalue weighted by Crippen LogP contribution is 2.35. The molecule has 0 aromatic rings. The van der Waals surface area contributed by atoms with Crippen molar-refractivity contribution < 1.29 is 43.1 Å². The summed E-state index contributed by atoms with van der Waals surface area (Å²) in [6.07, 6.45) is 25.8. The van der Waals surface area contributed by atoms with Crippen molar-refractivity contribution >= 4 is 16.6 Å². The second-order valence-corrected chi connectivity index (χ2v) is 21.2. The topological polar surface area (TPSA) is 135 Å². The fraction of sp³-hybridized carbons (Fsp3) is 1.00. The third-order valence-corrected chi connectivity index (χ3v) is 12.6. The molecule has 0 saturated carbocycles. The average Bonchev–Trinajstić information content (AvgIpc) is 3.13. The lowest BCUT2D eigenvalue weighted by Crippen LogP contribution is -2.25. The van der Waals surface area contributed by atoms with Crippen LogP contribution in [0.2, 0.25) is 0 Å². The van der Waals surface area contributed by atoms with Crippen molar-refractivity contribution in [3.8, 4) is 0 Å². The van der Waals surface area contributed by atoms with Gasteiger partial charge in [-0.15, -0.1) is 0 Å². The maximum atomic E-state index is 10.1. The molecule has 0 radical (unpaired) electrons. The summed E-state index contributed by atoms with van der Waals surface area (Å²) in [5.74, 6) is 6.57. The van der Waals surface area contributed by atoms with Gasteiger partial charge in [0.15, 0.2) is 0 Å². The molecule has 0 rings (SSSR count). The molecule has 58 heavy (non-hydrogen) atoms. The molecule has 0 aliphatic carbocycles. The quantitative estimate of drug-likeness (QED) is 0.0351. The maximum Gasteiger partial charge on any atom is 0.469 e. The van der Waals surface area contributed by atoms with Crippen LogP contribution < -0.4 is 0 Å². The van der Waals surface area contributed by atoms with E-state index >= 15 is 0 Å². The van der Waals surface area contributed by atoms with E-state index in [4.69, 9.17) is 28.9 Å². The summed E-state index contributed by atoms with van der Waals surface area (Å²) in [6.45, 7) is 27.3. The lowest BCUT2D eigenvalue weighted by Gasteiger charge is -2.19. The van der Waals surface area contributed by atoms with Crippen LogP contribution in [-0.2, 0) is 23.1 Å². The number of ether oxygens (including phenoxy) is 2. The van der Waals surface area contributed by atoms with E-state index in [1.807, 2.05) is 0 Å². The first-order valence-corrected chi connectivity index (χ1v) is 26.8. The molecular formula is C47H100O9P2. The highest BCUT2D eigenvalue weighted by molar-refractivity contribution is 7.46. The standard InChI is InChI=1S/C43H88O3.C4H12O6P2/c1-35(2)17-11-19-37(5)21-13-23-39(7)25-15-27-41(9)29-31-45-34-43(33-44)46-32-30-42(10)28-16-26-40(8)24-14-22-38(6)20-12-18-36(3)4;1-11-9-2-4(5)3-10-12(6,7)8/h35-44H,11-34H2,1-10H3;4-5,11H,2-3H2,1H3,(H2,6,7,8)/t37?,38?,39?,40?,41?,42?,43-;4-/m10/s1. The van der Waals surface area contributed by atoms with E-state index in [0.717, 1.165) is 61.6 Å². The summed E-state index contributed by atoms with van der Waals surface area (Å²) < 4.78 is 30.9. The van der Waals surface area contributed by atoms with Crippen molar-refractivity contribution in [1.82, 2.24) is 0 Å².